The average Bonchev–Trinajstić information content (AvgIpc) is 3.69. The smallest absolute Gasteiger partial charge is 0.301 e. The predicted octanol–water partition coefficient (Wildman–Crippen LogP) is 13.3. The van der Waals surface area contributed by atoms with Gasteiger partial charge in [0.15, 0.2) is 11.5 Å². The van der Waals surface area contributed by atoms with Crippen molar-refractivity contribution >= 4 is 86.8 Å². The lowest BCUT2D eigenvalue weighted by atomic mass is 10.1. The molecule has 3 aromatic carbocycles. The number of nitrogens with one attached hydrogen (secondary N) is 1. The van der Waals surface area contributed by atoms with Crippen molar-refractivity contribution in [1.29, 1.82) is 0 Å². The number of azo groups is 1. The van der Waals surface area contributed by atoms with Gasteiger partial charge in [-0.25, -0.2) is 9.58 Å². The van der Waals surface area contributed by atoms with Gasteiger partial charge in [-0.05, 0) is 74.2 Å². The SMILES string of the molecule is CCCCCCCCCCCC/C=C/CCC(Cl)CN(c1ccccc1N1C(=O)CCC1=O)c1[nH]n(-c2c(Cl)cc(Cl)cc2Cl)c(=O)c1N=Nc1ccc(O)cc1. The molecule has 1 aromatic heterocycles. The summed E-state index contributed by atoms with van der Waals surface area (Å²) in [7, 11) is 0. The molecule has 10 nitrogen and oxygen atoms in total. The predicted molar refractivity (Wildman–Crippen MR) is 233 cm³/mol. The minimum absolute atomic E-state index is 0.0428. The van der Waals surface area contributed by atoms with Crippen molar-refractivity contribution in [3.05, 3.63) is 98.2 Å². The summed E-state index contributed by atoms with van der Waals surface area (Å²) in [5, 5.41) is 21.7. The third kappa shape index (κ3) is 12.2. The number of phenols is 1. The van der Waals surface area contributed by atoms with E-state index in [9.17, 15) is 19.5 Å². The summed E-state index contributed by atoms with van der Waals surface area (Å²) in [6.45, 7) is 2.39. The van der Waals surface area contributed by atoms with Crippen LogP contribution in [0.2, 0.25) is 15.1 Å². The number of alkyl halides is 1. The number of aromatic amines is 1. The molecule has 0 aliphatic carbocycles. The van der Waals surface area contributed by atoms with Gasteiger partial charge in [0.25, 0.3) is 0 Å². The Kier molecular flexibility index (Phi) is 17.1. The fourth-order valence-corrected chi connectivity index (χ4v) is 8.07. The Bertz CT molecular complexity index is 2040. The zero-order valence-corrected chi connectivity index (χ0v) is 35.3. The molecular formula is C43H50Cl4N6O4. The molecule has 1 unspecified atom stereocenters. The van der Waals surface area contributed by atoms with Crippen LogP contribution in [0.4, 0.5) is 28.6 Å². The molecule has 1 saturated heterocycles. The molecule has 1 atom stereocenters. The molecule has 4 aromatic rings. The van der Waals surface area contributed by atoms with Gasteiger partial charge in [0.05, 0.1) is 32.5 Å². The Morgan fingerprint density at radius 1 is 0.807 bits per heavy atom. The normalized spacial score (nSPS) is 13.8. The van der Waals surface area contributed by atoms with Crippen LogP contribution in [-0.4, -0.2) is 38.6 Å². The lowest BCUT2D eigenvalue weighted by Gasteiger charge is -2.30. The molecule has 2 amide bonds. The molecule has 57 heavy (non-hydrogen) atoms. The monoisotopic (exact) mass is 854 g/mol. The van der Waals surface area contributed by atoms with Gasteiger partial charge in [-0.3, -0.25) is 19.5 Å². The van der Waals surface area contributed by atoms with Crippen LogP contribution >= 0.6 is 46.4 Å². The van der Waals surface area contributed by atoms with Crippen LogP contribution in [0.5, 0.6) is 5.75 Å². The highest BCUT2D eigenvalue weighted by Crippen LogP contribution is 2.41. The summed E-state index contributed by atoms with van der Waals surface area (Å²) >= 11 is 26.6. The first-order valence-electron chi connectivity index (χ1n) is 19.8. The van der Waals surface area contributed by atoms with E-state index in [1.165, 1.54) is 87.0 Å². The van der Waals surface area contributed by atoms with E-state index in [2.05, 4.69) is 34.4 Å². The van der Waals surface area contributed by atoms with Crippen LogP contribution in [0.25, 0.3) is 5.69 Å². The maximum atomic E-state index is 14.3. The summed E-state index contributed by atoms with van der Waals surface area (Å²) in [5.74, 6) is -0.458. The number of phenolic OH excluding ortho intramolecular Hbond substituents is 1. The molecule has 1 fully saturated rings. The van der Waals surface area contributed by atoms with E-state index < -0.39 is 10.9 Å². The van der Waals surface area contributed by atoms with E-state index in [1.54, 1.807) is 41.3 Å². The van der Waals surface area contributed by atoms with Crippen molar-refractivity contribution in [2.75, 3.05) is 16.3 Å². The van der Waals surface area contributed by atoms with E-state index >= 15 is 0 Å². The lowest BCUT2D eigenvalue weighted by molar-refractivity contribution is -0.121. The largest absolute Gasteiger partial charge is 0.508 e. The quantitative estimate of drug-likeness (QED) is 0.0268. The second-order valence-electron chi connectivity index (χ2n) is 14.2. The van der Waals surface area contributed by atoms with Gasteiger partial charge in [0, 0.05) is 24.4 Å². The number of anilines is 3. The molecule has 1 aliphatic heterocycles. The molecule has 5 rings (SSSR count). The van der Waals surface area contributed by atoms with Gasteiger partial charge >= 0.3 is 5.56 Å². The number of benzene rings is 3. The summed E-state index contributed by atoms with van der Waals surface area (Å²) in [5.41, 5.74) is 0.505. The fraction of sp³-hybridized carbons (Fsp3) is 0.419. The van der Waals surface area contributed by atoms with E-state index in [0.29, 0.717) is 23.5 Å². The molecule has 14 heteroatoms. The molecule has 2 N–H and O–H groups in total. The van der Waals surface area contributed by atoms with Gasteiger partial charge in [0.2, 0.25) is 11.8 Å². The van der Waals surface area contributed by atoms with Crippen LogP contribution in [0, 0.1) is 0 Å². The topological polar surface area (TPSA) is 123 Å². The van der Waals surface area contributed by atoms with Crippen LogP contribution in [0.1, 0.15) is 103 Å². The molecule has 0 spiro atoms. The second kappa shape index (κ2) is 22.2. The van der Waals surface area contributed by atoms with E-state index in [1.807, 2.05) is 0 Å². The number of carbonyl (C=O) groups is 2. The minimum Gasteiger partial charge on any atom is -0.508 e. The Labute approximate surface area is 354 Å². The zero-order valence-electron chi connectivity index (χ0n) is 32.2. The number of aromatic nitrogens is 2. The number of carbonyl (C=O) groups excluding carboxylic acids is 2. The summed E-state index contributed by atoms with van der Waals surface area (Å²) in [4.78, 5) is 43.4. The number of amides is 2. The van der Waals surface area contributed by atoms with Gasteiger partial charge in [-0.1, -0.05) is 124 Å². The molecule has 0 saturated carbocycles. The third-order valence-electron chi connectivity index (χ3n) is 9.82. The Morgan fingerprint density at radius 3 is 2.05 bits per heavy atom. The van der Waals surface area contributed by atoms with Crippen LogP contribution in [-0.2, 0) is 9.59 Å². The Balaban J connectivity index is 1.42. The first-order valence-corrected chi connectivity index (χ1v) is 21.4. The Morgan fingerprint density at radius 2 is 1.40 bits per heavy atom. The number of halogens is 4. The highest BCUT2D eigenvalue weighted by molar-refractivity contribution is 6.40. The number of hydrogen-bond acceptors (Lipinski definition) is 7. The molecule has 1 aliphatic rings. The number of allylic oxidation sites excluding steroid dienone is 2. The maximum absolute atomic E-state index is 14.3. The zero-order chi connectivity index (χ0) is 40.7. The third-order valence-corrected chi connectivity index (χ3v) is 11.0. The summed E-state index contributed by atoms with van der Waals surface area (Å²) in [6.07, 6.45) is 19.8. The highest BCUT2D eigenvalue weighted by Gasteiger charge is 2.34. The molecule has 2 heterocycles. The van der Waals surface area contributed by atoms with E-state index in [4.69, 9.17) is 46.4 Å². The van der Waals surface area contributed by atoms with Crippen molar-refractivity contribution in [3.8, 4) is 11.4 Å². The van der Waals surface area contributed by atoms with Crippen molar-refractivity contribution in [2.24, 2.45) is 10.2 Å². The summed E-state index contributed by atoms with van der Waals surface area (Å²) in [6, 6.07) is 15.9. The first kappa shape index (κ1) is 44.0. The fourth-order valence-electron chi connectivity index (χ4n) is 6.82. The highest BCUT2D eigenvalue weighted by atomic mass is 35.5. The summed E-state index contributed by atoms with van der Waals surface area (Å²) < 4.78 is 1.16. The van der Waals surface area contributed by atoms with Crippen LogP contribution < -0.4 is 15.4 Å². The van der Waals surface area contributed by atoms with Crippen LogP contribution in [0.15, 0.2) is 87.8 Å². The van der Waals surface area contributed by atoms with E-state index in [-0.39, 0.29) is 69.2 Å². The number of H-pyrrole nitrogens is 1. The van der Waals surface area contributed by atoms with Gasteiger partial charge in [0.1, 0.15) is 11.4 Å². The van der Waals surface area contributed by atoms with Crippen molar-refractivity contribution in [2.45, 2.75) is 109 Å². The van der Waals surface area contributed by atoms with Crippen molar-refractivity contribution in [1.82, 2.24) is 9.78 Å². The second-order valence-corrected chi connectivity index (χ2v) is 16.1. The number of hydrogen-bond donors (Lipinski definition) is 2. The van der Waals surface area contributed by atoms with Crippen molar-refractivity contribution in [3.63, 3.8) is 0 Å². The van der Waals surface area contributed by atoms with Gasteiger partial charge in [-0.15, -0.1) is 16.7 Å². The number of imide groups is 1. The molecule has 0 radical (unpaired) electrons. The average molecular weight is 857 g/mol. The van der Waals surface area contributed by atoms with Gasteiger partial charge in [-0.2, -0.15) is 5.11 Å². The number of rotatable bonds is 22. The molecule has 304 valence electrons. The Hall–Kier alpha value is -4.09. The van der Waals surface area contributed by atoms with Crippen molar-refractivity contribution < 1.29 is 14.7 Å². The number of para-hydroxylation sites is 2. The molecular weight excluding hydrogens is 806 g/mol. The maximum Gasteiger partial charge on any atom is 0.301 e. The molecule has 0 bridgehead atoms. The minimum atomic E-state index is -0.643. The number of nitrogens with zero attached hydrogens (tertiary/aromatic N) is 5. The standard InChI is InChI=1S/C43H50Cl4N6O4/c1-2-3-4-5-6-7-8-9-10-11-12-13-14-15-18-30(44)29-51(36-19-16-17-20-37(36)52-38(55)25-26-39(52)56)42-40(49-48-32-21-23-33(54)24-22-32)43(57)53(50-42)41-34(46)27-31(45)28-35(41)47/h13-14,16-17,19-24,27-28,30,50,54H,2-12,15,18,25-26,29H2,1H3/b14-13+,49-48?. The number of unbranched alkanes of at least 4 members (excludes halogenated alkanes) is 10. The number of aromatic hydroxyl groups is 1. The lowest BCUT2D eigenvalue weighted by Crippen LogP contribution is -2.32. The first-order chi connectivity index (χ1) is 27.6. The van der Waals surface area contributed by atoms with Crippen LogP contribution in [0.3, 0.4) is 0 Å². The van der Waals surface area contributed by atoms with Gasteiger partial charge < -0.3 is 10.0 Å². The van der Waals surface area contributed by atoms with E-state index in [0.717, 1.165) is 23.9 Å².